The summed E-state index contributed by atoms with van der Waals surface area (Å²) in [5.41, 5.74) is -0.632. The molecular weight excluding hydrogens is 319 g/mol. The number of benzene rings is 2. The Morgan fingerprint density at radius 1 is 0.955 bits per heavy atom. The molecule has 0 spiro atoms. The maximum atomic E-state index is 13.4. The number of carbonyl (C=O) groups excluding carboxylic acids is 1. The predicted octanol–water partition coefficient (Wildman–Crippen LogP) is 2.52. The maximum absolute atomic E-state index is 13.4. The number of halogens is 3. The molecular formula is C14H10F3NO3S. The van der Waals surface area contributed by atoms with E-state index in [9.17, 15) is 26.4 Å². The van der Waals surface area contributed by atoms with Crippen LogP contribution in [-0.4, -0.2) is 20.1 Å². The zero-order valence-electron chi connectivity index (χ0n) is 11.0. The minimum atomic E-state index is -3.91. The average Bonchev–Trinajstić information content (AvgIpc) is 2.48. The van der Waals surface area contributed by atoms with E-state index in [-0.39, 0.29) is 4.90 Å². The second kappa shape index (κ2) is 6.18. The van der Waals surface area contributed by atoms with Crippen molar-refractivity contribution in [1.29, 1.82) is 0 Å². The molecule has 2 rings (SSSR count). The minimum Gasteiger partial charge on any atom is -0.323 e. The number of sulfone groups is 1. The van der Waals surface area contributed by atoms with E-state index in [1.807, 2.05) is 5.32 Å². The van der Waals surface area contributed by atoms with E-state index in [4.69, 9.17) is 0 Å². The van der Waals surface area contributed by atoms with Crippen molar-refractivity contribution in [3.8, 4) is 0 Å². The summed E-state index contributed by atoms with van der Waals surface area (Å²) >= 11 is 0. The molecule has 0 aliphatic carbocycles. The monoisotopic (exact) mass is 329 g/mol. The van der Waals surface area contributed by atoms with Gasteiger partial charge >= 0.3 is 0 Å². The van der Waals surface area contributed by atoms with Crippen molar-refractivity contribution < 1.29 is 26.4 Å². The van der Waals surface area contributed by atoms with E-state index in [0.717, 1.165) is 6.07 Å². The van der Waals surface area contributed by atoms with Gasteiger partial charge in [-0.25, -0.2) is 21.6 Å². The third-order valence-electron chi connectivity index (χ3n) is 2.73. The Morgan fingerprint density at radius 3 is 2.23 bits per heavy atom. The van der Waals surface area contributed by atoms with Gasteiger partial charge in [0, 0.05) is 0 Å². The Labute approximate surface area is 124 Å². The van der Waals surface area contributed by atoms with Crippen LogP contribution in [0.5, 0.6) is 0 Å². The molecule has 0 aliphatic heterocycles. The van der Waals surface area contributed by atoms with Crippen LogP contribution in [0.4, 0.5) is 18.9 Å². The summed E-state index contributed by atoms with van der Waals surface area (Å²) in [4.78, 5) is 11.6. The van der Waals surface area contributed by atoms with Gasteiger partial charge in [0.1, 0.15) is 5.75 Å². The van der Waals surface area contributed by atoms with Crippen LogP contribution >= 0.6 is 0 Å². The Morgan fingerprint density at radius 2 is 1.59 bits per heavy atom. The topological polar surface area (TPSA) is 63.2 Å². The van der Waals surface area contributed by atoms with Crippen LogP contribution in [0, 0.1) is 17.5 Å². The van der Waals surface area contributed by atoms with Gasteiger partial charge in [-0.1, -0.05) is 18.2 Å². The Hall–Kier alpha value is -2.35. The number of hydrogen-bond donors (Lipinski definition) is 1. The second-order valence-corrected chi connectivity index (χ2v) is 6.33. The molecule has 0 aliphatic rings. The molecule has 0 atom stereocenters. The largest absolute Gasteiger partial charge is 0.323 e. The number of amides is 1. The first kappa shape index (κ1) is 16.0. The molecule has 0 unspecified atom stereocenters. The lowest BCUT2D eigenvalue weighted by molar-refractivity contribution is -0.113. The molecule has 22 heavy (non-hydrogen) atoms. The maximum Gasteiger partial charge on any atom is 0.240 e. The van der Waals surface area contributed by atoms with E-state index in [2.05, 4.69) is 0 Å². The van der Waals surface area contributed by atoms with Crippen LogP contribution < -0.4 is 5.32 Å². The Balaban J connectivity index is 2.16. The van der Waals surface area contributed by atoms with E-state index < -0.39 is 44.6 Å². The highest BCUT2D eigenvalue weighted by Gasteiger charge is 2.21. The highest BCUT2D eigenvalue weighted by atomic mass is 32.2. The SMILES string of the molecule is O=C(CS(=O)(=O)c1ccccc1)Nc1ccc(F)c(F)c1F. The summed E-state index contributed by atoms with van der Waals surface area (Å²) < 4.78 is 63.1. The van der Waals surface area contributed by atoms with Crippen molar-refractivity contribution in [2.24, 2.45) is 0 Å². The Bertz CT molecular complexity index is 808. The van der Waals surface area contributed by atoms with Gasteiger partial charge < -0.3 is 5.32 Å². The lowest BCUT2D eigenvalue weighted by atomic mass is 10.3. The molecule has 2 aromatic carbocycles. The second-order valence-electron chi connectivity index (χ2n) is 4.34. The van der Waals surface area contributed by atoms with E-state index in [0.29, 0.717) is 6.07 Å². The van der Waals surface area contributed by atoms with Crippen molar-refractivity contribution in [2.75, 3.05) is 11.1 Å². The van der Waals surface area contributed by atoms with Gasteiger partial charge in [-0.05, 0) is 24.3 Å². The number of carbonyl (C=O) groups is 1. The van der Waals surface area contributed by atoms with Crippen molar-refractivity contribution in [1.82, 2.24) is 0 Å². The lowest BCUT2D eigenvalue weighted by Gasteiger charge is -2.08. The van der Waals surface area contributed by atoms with Crippen LogP contribution in [0.25, 0.3) is 0 Å². The smallest absolute Gasteiger partial charge is 0.240 e. The first-order valence-corrected chi connectivity index (χ1v) is 7.67. The molecule has 1 N–H and O–H groups in total. The molecule has 0 fully saturated rings. The van der Waals surface area contributed by atoms with Gasteiger partial charge in [0.05, 0.1) is 10.6 Å². The fraction of sp³-hybridized carbons (Fsp3) is 0.0714. The number of rotatable bonds is 4. The fourth-order valence-electron chi connectivity index (χ4n) is 1.69. The van der Waals surface area contributed by atoms with E-state index in [1.54, 1.807) is 6.07 Å². The van der Waals surface area contributed by atoms with Crippen LogP contribution in [0.15, 0.2) is 47.4 Å². The molecule has 116 valence electrons. The standard InChI is InChI=1S/C14H10F3NO3S/c15-10-6-7-11(14(17)13(10)16)18-12(19)8-22(20,21)9-4-2-1-3-5-9/h1-7H,8H2,(H,18,19). The molecule has 0 saturated carbocycles. The van der Waals surface area contributed by atoms with Gasteiger partial charge in [-0.2, -0.15) is 0 Å². The highest BCUT2D eigenvalue weighted by molar-refractivity contribution is 7.92. The highest BCUT2D eigenvalue weighted by Crippen LogP contribution is 2.20. The van der Waals surface area contributed by atoms with Crippen molar-refractivity contribution in [2.45, 2.75) is 4.90 Å². The summed E-state index contributed by atoms with van der Waals surface area (Å²) in [5, 5.41) is 1.90. The zero-order valence-corrected chi connectivity index (χ0v) is 11.8. The molecule has 4 nitrogen and oxygen atoms in total. The van der Waals surface area contributed by atoms with Crippen LogP contribution in [-0.2, 0) is 14.6 Å². The normalized spacial score (nSPS) is 11.2. The third kappa shape index (κ3) is 3.45. The third-order valence-corrected chi connectivity index (χ3v) is 4.37. The van der Waals surface area contributed by atoms with Gasteiger partial charge in [-0.3, -0.25) is 4.79 Å². The summed E-state index contributed by atoms with van der Waals surface area (Å²) in [6.07, 6.45) is 0. The van der Waals surface area contributed by atoms with Gasteiger partial charge in [0.2, 0.25) is 5.91 Å². The van der Waals surface area contributed by atoms with E-state index >= 15 is 0 Å². The summed E-state index contributed by atoms with van der Waals surface area (Å²) in [6.45, 7) is 0. The summed E-state index contributed by atoms with van der Waals surface area (Å²) in [5.74, 6) is -6.76. The van der Waals surface area contributed by atoms with Crippen molar-refractivity contribution >= 4 is 21.4 Å². The molecule has 8 heteroatoms. The first-order valence-electron chi connectivity index (χ1n) is 6.02. The minimum absolute atomic E-state index is 0.0732. The molecule has 0 radical (unpaired) electrons. The molecule has 0 aromatic heterocycles. The number of anilines is 1. The molecule has 0 saturated heterocycles. The number of hydrogen-bond acceptors (Lipinski definition) is 3. The lowest BCUT2D eigenvalue weighted by Crippen LogP contribution is -2.23. The first-order chi connectivity index (χ1) is 10.3. The molecule has 0 heterocycles. The van der Waals surface area contributed by atoms with Crippen LogP contribution in [0.2, 0.25) is 0 Å². The fourth-order valence-corrected chi connectivity index (χ4v) is 2.85. The number of nitrogens with one attached hydrogen (secondary N) is 1. The predicted molar refractivity (Wildman–Crippen MR) is 73.4 cm³/mol. The van der Waals surface area contributed by atoms with Crippen LogP contribution in [0.1, 0.15) is 0 Å². The van der Waals surface area contributed by atoms with E-state index in [1.165, 1.54) is 24.3 Å². The van der Waals surface area contributed by atoms with Gasteiger partial charge in [0.15, 0.2) is 27.3 Å². The molecule has 2 aromatic rings. The van der Waals surface area contributed by atoms with Gasteiger partial charge in [0.25, 0.3) is 0 Å². The quantitative estimate of drug-likeness (QED) is 0.877. The van der Waals surface area contributed by atoms with Crippen molar-refractivity contribution in [3.05, 3.63) is 59.9 Å². The molecule has 1 amide bonds. The molecule has 0 bridgehead atoms. The summed E-state index contributed by atoms with van der Waals surface area (Å²) in [7, 11) is -3.91. The zero-order chi connectivity index (χ0) is 16.3. The Kier molecular flexibility index (Phi) is 4.51. The van der Waals surface area contributed by atoms with Crippen LogP contribution in [0.3, 0.4) is 0 Å². The average molecular weight is 329 g/mol. The van der Waals surface area contributed by atoms with Gasteiger partial charge in [-0.15, -0.1) is 0 Å². The van der Waals surface area contributed by atoms with Crippen molar-refractivity contribution in [3.63, 3.8) is 0 Å². The summed E-state index contributed by atoms with van der Waals surface area (Å²) in [6, 6.07) is 8.62.